The predicted molar refractivity (Wildman–Crippen MR) is 87.9 cm³/mol. The van der Waals surface area contributed by atoms with E-state index in [9.17, 15) is 13.2 Å². The Morgan fingerprint density at radius 3 is 2.22 bits per heavy atom. The van der Waals surface area contributed by atoms with Gasteiger partial charge >= 0.3 is 35.5 Å². The molecule has 23 heavy (non-hydrogen) atoms. The number of carboxylic acid groups (broad SMARTS) is 1. The number of rotatable bonds is 8. The Balaban J connectivity index is 0.00000484. The van der Waals surface area contributed by atoms with Crippen molar-refractivity contribution in [2.45, 2.75) is 18.7 Å². The van der Waals surface area contributed by atoms with Crippen LogP contribution in [0.5, 0.6) is 5.75 Å². The first-order chi connectivity index (χ1) is 10.2. The molecule has 1 aromatic rings. The molecule has 1 aromatic carbocycles. The van der Waals surface area contributed by atoms with Crippen LogP contribution in [0.3, 0.4) is 0 Å². The van der Waals surface area contributed by atoms with Gasteiger partial charge in [0.1, 0.15) is 12.4 Å². The summed E-state index contributed by atoms with van der Waals surface area (Å²) in [6, 6.07) is 3.32. The summed E-state index contributed by atoms with van der Waals surface area (Å²) in [6.45, 7) is 3.04. The van der Waals surface area contributed by atoms with E-state index in [-0.39, 0.29) is 47.6 Å². The van der Waals surface area contributed by atoms with Crippen LogP contribution in [0.1, 0.15) is 11.1 Å². The summed E-state index contributed by atoms with van der Waals surface area (Å²) in [4.78, 5) is 10.6. The molecule has 0 fully saturated rings. The number of sulfonamides is 1. The summed E-state index contributed by atoms with van der Waals surface area (Å²) in [5.74, 6) is -0.492. The average molecular weight is 355 g/mol. The molecule has 7 nitrogen and oxygen atoms in total. The van der Waals surface area contributed by atoms with Crippen molar-refractivity contribution in [3.63, 3.8) is 0 Å². The maximum absolute atomic E-state index is 12.6. The van der Waals surface area contributed by atoms with Crippen molar-refractivity contribution in [2.75, 3.05) is 33.9 Å². The van der Waals surface area contributed by atoms with Gasteiger partial charge in [0.2, 0.25) is 10.0 Å². The van der Waals surface area contributed by atoms with Gasteiger partial charge in [0.05, 0.1) is 18.6 Å². The Morgan fingerprint density at radius 1 is 1.26 bits per heavy atom. The summed E-state index contributed by atoms with van der Waals surface area (Å²) in [6.07, 6.45) is 0. The number of hydrogen-bond acceptors (Lipinski definition) is 5. The van der Waals surface area contributed by atoms with E-state index >= 15 is 0 Å². The van der Waals surface area contributed by atoms with Crippen molar-refractivity contribution in [1.82, 2.24) is 4.31 Å². The average Bonchev–Trinajstić information content (AvgIpc) is 2.41. The van der Waals surface area contributed by atoms with E-state index in [1.54, 1.807) is 26.0 Å². The molecule has 0 bridgehead atoms. The van der Waals surface area contributed by atoms with Crippen LogP contribution in [0.4, 0.5) is 0 Å². The number of carbonyl (C=O) groups is 1. The van der Waals surface area contributed by atoms with Gasteiger partial charge in [-0.1, -0.05) is 0 Å². The van der Waals surface area contributed by atoms with Gasteiger partial charge in [0.25, 0.3) is 0 Å². The summed E-state index contributed by atoms with van der Waals surface area (Å²) in [7, 11) is -0.720. The topological polar surface area (TPSA) is 93.1 Å². The van der Waals surface area contributed by atoms with Crippen LogP contribution in [-0.2, 0) is 19.6 Å². The molecule has 0 radical (unpaired) electrons. The fraction of sp³-hybridized carbons (Fsp3) is 0.500. The van der Waals surface area contributed by atoms with Crippen LogP contribution in [-0.4, -0.2) is 87.3 Å². The van der Waals surface area contributed by atoms with Crippen molar-refractivity contribution < 1.29 is 27.8 Å². The Bertz CT molecular complexity index is 624. The molecule has 0 saturated heterocycles. The van der Waals surface area contributed by atoms with Crippen molar-refractivity contribution >= 4 is 45.5 Å². The van der Waals surface area contributed by atoms with E-state index < -0.39 is 22.6 Å². The third-order valence-corrected chi connectivity index (χ3v) is 5.28. The standard InChI is InChI=1S/C14H21NO6S.Na.H/c1-10-7-12(20-4)8-11(2)14(10)22(18,19)15(3)5-6-21-9-13(16)17;;/h7-8H,5-6,9H2,1-4H3,(H,16,17);;. The normalized spacial score (nSPS) is 11.2. The zero-order valence-electron chi connectivity index (χ0n) is 13.1. The van der Waals surface area contributed by atoms with Crippen LogP contribution in [0.2, 0.25) is 0 Å². The van der Waals surface area contributed by atoms with Gasteiger partial charge in [-0.05, 0) is 37.1 Å². The first-order valence-electron chi connectivity index (χ1n) is 6.61. The van der Waals surface area contributed by atoms with Gasteiger partial charge in [0.15, 0.2) is 0 Å². The molecular formula is C14H22NNaO6S. The molecule has 0 amide bonds. The van der Waals surface area contributed by atoms with Crippen LogP contribution in [0.25, 0.3) is 0 Å². The monoisotopic (exact) mass is 355 g/mol. The van der Waals surface area contributed by atoms with Crippen LogP contribution < -0.4 is 4.74 Å². The summed E-state index contributed by atoms with van der Waals surface area (Å²) >= 11 is 0. The molecule has 0 aliphatic heterocycles. The third kappa shape index (κ3) is 6.06. The SMILES string of the molecule is COc1cc(C)c(S(=O)(=O)N(C)CCOCC(=O)O)c(C)c1.[NaH]. The summed E-state index contributed by atoms with van der Waals surface area (Å²) < 4.78 is 36.4. The van der Waals surface area contributed by atoms with Crippen molar-refractivity contribution in [3.8, 4) is 5.75 Å². The van der Waals surface area contributed by atoms with E-state index in [1.165, 1.54) is 14.2 Å². The van der Waals surface area contributed by atoms with Crippen LogP contribution >= 0.6 is 0 Å². The Kier molecular flexibility index (Phi) is 9.34. The Labute approximate surface area is 158 Å². The summed E-state index contributed by atoms with van der Waals surface area (Å²) in [5, 5.41) is 8.47. The number of nitrogens with zero attached hydrogens (tertiary/aromatic N) is 1. The Hall–Kier alpha value is -0.640. The van der Waals surface area contributed by atoms with Crippen LogP contribution in [0, 0.1) is 13.8 Å². The number of methoxy groups -OCH3 is 1. The van der Waals surface area contributed by atoms with Crippen molar-refractivity contribution in [2.24, 2.45) is 0 Å². The van der Waals surface area contributed by atoms with E-state index in [4.69, 9.17) is 14.6 Å². The first kappa shape index (κ1) is 22.4. The number of hydrogen-bond donors (Lipinski definition) is 1. The molecule has 0 aliphatic carbocycles. The van der Waals surface area contributed by atoms with Gasteiger partial charge in [-0.25, -0.2) is 13.2 Å². The molecule has 9 heteroatoms. The van der Waals surface area contributed by atoms with E-state index in [0.717, 1.165) is 4.31 Å². The van der Waals surface area contributed by atoms with Crippen molar-refractivity contribution in [3.05, 3.63) is 23.3 Å². The first-order valence-corrected chi connectivity index (χ1v) is 8.05. The van der Waals surface area contributed by atoms with Gasteiger partial charge in [-0.2, -0.15) is 4.31 Å². The zero-order chi connectivity index (χ0) is 16.9. The zero-order valence-corrected chi connectivity index (χ0v) is 13.9. The molecule has 0 atom stereocenters. The van der Waals surface area contributed by atoms with Gasteiger partial charge in [-0.15, -0.1) is 0 Å². The van der Waals surface area contributed by atoms with E-state index in [1.807, 2.05) is 0 Å². The predicted octanol–water partition coefficient (Wildman–Crippen LogP) is 0.385. The molecule has 0 spiro atoms. The number of carboxylic acids is 1. The molecule has 0 saturated carbocycles. The second kappa shape index (κ2) is 9.61. The van der Waals surface area contributed by atoms with E-state index in [0.29, 0.717) is 16.9 Å². The summed E-state index contributed by atoms with van der Waals surface area (Å²) in [5.41, 5.74) is 1.19. The fourth-order valence-electron chi connectivity index (χ4n) is 2.06. The molecule has 0 heterocycles. The number of ether oxygens (including phenoxy) is 2. The molecule has 0 aliphatic rings. The number of likely N-dealkylation sites (N-methyl/N-ethyl adjacent to an activating group) is 1. The molecule has 126 valence electrons. The fourth-order valence-corrected chi connectivity index (χ4v) is 3.62. The number of aliphatic carboxylic acids is 1. The second-order valence-corrected chi connectivity index (χ2v) is 6.84. The minimum absolute atomic E-state index is 0. The molecule has 1 N–H and O–H groups in total. The third-order valence-electron chi connectivity index (χ3n) is 3.11. The van der Waals surface area contributed by atoms with Gasteiger partial charge in [-0.3, -0.25) is 0 Å². The quantitative estimate of drug-likeness (QED) is 0.535. The molecular weight excluding hydrogens is 333 g/mol. The number of benzene rings is 1. The minimum atomic E-state index is -3.68. The second-order valence-electron chi connectivity index (χ2n) is 4.86. The van der Waals surface area contributed by atoms with Crippen LogP contribution in [0.15, 0.2) is 17.0 Å². The van der Waals surface area contributed by atoms with Crippen molar-refractivity contribution in [1.29, 1.82) is 0 Å². The maximum atomic E-state index is 12.6. The van der Waals surface area contributed by atoms with Gasteiger partial charge < -0.3 is 14.6 Å². The molecule has 0 aromatic heterocycles. The molecule has 1 rings (SSSR count). The van der Waals surface area contributed by atoms with Gasteiger partial charge in [0, 0.05) is 13.6 Å². The number of aryl methyl sites for hydroxylation is 2. The Morgan fingerprint density at radius 2 is 1.78 bits per heavy atom. The van der Waals surface area contributed by atoms with E-state index in [2.05, 4.69) is 0 Å². The molecule has 0 unspecified atom stereocenters.